The van der Waals surface area contributed by atoms with Gasteiger partial charge in [0.25, 0.3) is 0 Å². The number of methoxy groups -OCH3 is 1. The lowest BCUT2D eigenvalue weighted by Gasteiger charge is -2.08. The van der Waals surface area contributed by atoms with Crippen LogP contribution in [0.15, 0.2) is 27.7 Å². The molecule has 116 valence electrons. The average Bonchev–Trinajstić information content (AvgIpc) is 2.91. The molecule has 0 aliphatic carbocycles. The van der Waals surface area contributed by atoms with Crippen LogP contribution < -0.4 is 4.72 Å². The first kappa shape index (κ1) is 16.4. The molecule has 2 N–H and O–H groups in total. The van der Waals surface area contributed by atoms with Crippen molar-refractivity contribution >= 4 is 36.9 Å². The van der Waals surface area contributed by atoms with Crippen molar-refractivity contribution in [3.63, 3.8) is 0 Å². The van der Waals surface area contributed by atoms with Crippen molar-refractivity contribution in [3.05, 3.63) is 22.8 Å². The Hall–Kier alpha value is -1.00. The molecule has 2 rings (SSSR count). The van der Waals surface area contributed by atoms with Crippen molar-refractivity contribution in [3.8, 4) is 0 Å². The fraction of sp³-hybridized carbons (Fsp3) is 0.417. The summed E-state index contributed by atoms with van der Waals surface area (Å²) >= 11 is 3.34. The van der Waals surface area contributed by atoms with Crippen LogP contribution in [-0.4, -0.2) is 52.1 Å². The lowest BCUT2D eigenvalue weighted by Crippen LogP contribution is -2.27. The van der Waals surface area contributed by atoms with E-state index in [1.165, 1.54) is 0 Å². The summed E-state index contributed by atoms with van der Waals surface area (Å²) < 4.78 is 37.6. The zero-order chi connectivity index (χ0) is 15.3. The molecule has 2 aromatic rings. The van der Waals surface area contributed by atoms with Crippen molar-refractivity contribution in [1.29, 1.82) is 0 Å². The van der Waals surface area contributed by atoms with Crippen molar-refractivity contribution in [2.45, 2.75) is 4.90 Å². The van der Waals surface area contributed by atoms with Crippen LogP contribution >= 0.6 is 15.9 Å². The fourth-order valence-electron chi connectivity index (χ4n) is 1.71. The van der Waals surface area contributed by atoms with Gasteiger partial charge in [0.15, 0.2) is 0 Å². The molecular formula is C12H16BrN3O4S. The van der Waals surface area contributed by atoms with E-state index in [4.69, 9.17) is 9.47 Å². The summed E-state index contributed by atoms with van der Waals surface area (Å²) in [5.74, 6) is 0. The van der Waals surface area contributed by atoms with Gasteiger partial charge in [-0.1, -0.05) is 0 Å². The number of rotatable bonds is 8. The van der Waals surface area contributed by atoms with Gasteiger partial charge >= 0.3 is 0 Å². The molecule has 1 aromatic heterocycles. The molecule has 0 saturated heterocycles. The van der Waals surface area contributed by atoms with Crippen LogP contribution in [0.25, 0.3) is 10.9 Å². The van der Waals surface area contributed by atoms with E-state index in [2.05, 4.69) is 30.8 Å². The molecule has 7 nitrogen and oxygen atoms in total. The second-order valence-corrected chi connectivity index (χ2v) is 6.86. The molecule has 21 heavy (non-hydrogen) atoms. The predicted molar refractivity (Wildman–Crippen MR) is 81.7 cm³/mol. The molecule has 0 unspecified atom stereocenters. The molecule has 0 spiro atoms. The molecule has 0 radical (unpaired) electrons. The summed E-state index contributed by atoms with van der Waals surface area (Å²) in [5.41, 5.74) is 0.654. The highest BCUT2D eigenvalue weighted by Crippen LogP contribution is 2.26. The van der Waals surface area contributed by atoms with Crippen LogP contribution in [0, 0.1) is 0 Å². The predicted octanol–water partition coefficient (Wildman–Crippen LogP) is 1.27. The Morgan fingerprint density at radius 1 is 1.33 bits per heavy atom. The van der Waals surface area contributed by atoms with Crippen molar-refractivity contribution in [1.82, 2.24) is 14.9 Å². The fourth-order valence-corrected chi connectivity index (χ4v) is 3.49. The Bertz CT molecular complexity index is 702. The van der Waals surface area contributed by atoms with Gasteiger partial charge < -0.3 is 9.47 Å². The van der Waals surface area contributed by atoms with Gasteiger partial charge in [0, 0.05) is 23.5 Å². The third-order valence-corrected chi connectivity index (χ3v) is 4.86. The Morgan fingerprint density at radius 2 is 2.14 bits per heavy atom. The molecule has 0 fully saturated rings. The van der Waals surface area contributed by atoms with E-state index in [1.54, 1.807) is 25.4 Å². The zero-order valence-electron chi connectivity index (χ0n) is 11.4. The quantitative estimate of drug-likeness (QED) is 0.675. The SMILES string of the molecule is COCCOCCNS(=O)(=O)c1cc(Br)c2cn[nH]c2c1. The van der Waals surface area contributed by atoms with Crippen molar-refractivity contribution in [2.24, 2.45) is 0 Å². The highest BCUT2D eigenvalue weighted by atomic mass is 79.9. The lowest BCUT2D eigenvalue weighted by atomic mass is 10.3. The van der Waals surface area contributed by atoms with Gasteiger partial charge in [0.05, 0.1) is 36.4 Å². The molecule has 0 aliphatic rings. The highest BCUT2D eigenvalue weighted by molar-refractivity contribution is 9.10. The Balaban J connectivity index is 2.00. The summed E-state index contributed by atoms with van der Waals surface area (Å²) in [6.45, 7) is 1.40. The number of aromatic nitrogens is 2. The van der Waals surface area contributed by atoms with Gasteiger partial charge in [-0.15, -0.1) is 0 Å². The van der Waals surface area contributed by atoms with Crippen molar-refractivity contribution in [2.75, 3.05) is 33.5 Å². The summed E-state index contributed by atoms with van der Waals surface area (Å²) in [5, 5.41) is 7.47. The molecule has 1 heterocycles. The number of hydrogen-bond acceptors (Lipinski definition) is 5. The van der Waals surface area contributed by atoms with E-state index >= 15 is 0 Å². The molecule has 0 bridgehead atoms. The Kier molecular flexibility index (Phi) is 5.71. The number of hydrogen-bond donors (Lipinski definition) is 2. The number of halogens is 1. The van der Waals surface area contributed by atoms with Gasteiger partial charge in [0.1, 0.15) is 0 Å². The maximum absolute atomic E-state index is 12.2. The molecule has 9 heteroatoms. The number of aromatic amines is 1. The molecule has 0 saturated carbocycles. The van der Waals surface area contributed by atoms with E-state index in [0.29, 0.717) is 23.2 Å². The second-order valence-electron chi connectivity index (χ2n) is 4.24. The van der Waals surface area contributed by atoms with Crippen LogP contribution in [0.4, 0.5) is 0 Å². The minimum atomic E-state index is -3.58. The minimum absolute atomic E-state index is 0.169. The van der Waals surface area contributed by atoms with Crippen LogP contribution in [0.2, 0.25) is 0 Å². The second kappa shape index (κ2) is 7.32. The summed E-state index contributed by atoms with van der Waals surface area (Å²) in [6, 6.07) is 3.09. The number of sulfonamides is 1. The smallest absolute Gasteiger partial charge is 0.240 e. The van der Waals surface area contributed by atoms with Crippen LogP contribution in [0.5, 0.6) is 0 Å². The average molecular weight is 378 g/mol. The first-order chi connectivity index (χ1) is 10.0. The monoisotopic (exact) mass is 377 g/mol. The topological polar surface area (TPSA) is 93.3 Å². The molecule has 1 aromatic carbocycles. The van der Waals surface area contributed by atoms with Crippen LogP contribution in [0.3, 0.4) is 0 Å². The first-order valence-electron chi connectivity index (χ1n) is 6.23. The molecule has 0 amide bonds. The summed E-state index contributed by atoms with van der Waals surface area (Å²) in [7, 11) is -2.01. The van der Waals surface area contributed by atoms with Crippen LogP contribution in [0.1, 0.15) is 0 Å². The van der Waals surface area contributed by atoms with Gasteiger partial charge in [-0.2, -0.15) is 5.10 Å². The third-order valence-electron chi connectivity index (χ3n) is 2.76. The summed E-state index contributed by atoms with van der Waals surface area (Å²) in [4.78, 5) is 0.169. The Morgan fingerprint density at radius 3 is 2.90 bits per heavy atom. The maximum atomic E-state index is 12.2. The van der Waals surface area contributed by atoms with Gasteiger partial charge in [0.2, 0.25) is 10.0 Å². The molecule has 0 atom stereocenters. The zero-order valence-corrected chi connectivity index (χ0v) is 13.8. The minimum Gasteiger partial charge on any atom is -0.382 e. The lowest BCUT2D eigenvalue weighted by molar-refractivity contribution is 0.0736. The third kappa shape index (κ3) is 4.24. The first-order valence-corrected chi connectivity index (χ1v) is 8.51. The van der Waals surface area contributed by atoms with E-state index < -0.39 is 10.0 Å². The largest absolute Gasteiger partial charge is 0.382 e. The highest BCUT2D eigenvalue weighted by Gasteiger charge is 2.16. The van der Waals surface area contributed by atoms with E-state index in [-0.39, 0.29) is 18.0 Å². The normalized spacial score (nSPS) is 12.1. The number of H-pyrrole nitrogens is 1. The van der Waals surface area contributed by atoms with Gasteiger partial charge in [-0.25, -0.2) is 13.1 Å². The maximum Gasteiger partial charge on any atom is 0.240 e. The summed E-state index contributed by atoms with van der Waals surface area (Å²) in [6.07, 6.45) is 1.63. The standard InChI is InChI=1S/C12H16BrN3O4S/c1-19-4-5-20-3-2-15-21(17,18)9-6-11(13)10-8-14-16-12(10)7-9/h6-8,15H,2-5H2,1H3,(H,14,16). The molecule has 0 aliphatic heterocycles. The number of nitrogens with zero attached hydrogens (tertiary/aromatic N) is 1. The van der Waals surface area contributed by atoms with E-state index in [9.17, 15) is 8.42 Å². The van der Waals surface area contributed by atoms with Gasteiger partial charge in [-0.05, 0) is 28.1 Å². The van der Waals surface area contributed by atoms with E-state index in [1.807, 2.05) is 0 Å². The number of nitrogens with one attached hydrogen (secondary N) is 2. The van der Waals surface area contributed by atoms with Crippen LogP contribution in [-0.2, 0) is 19.5 Å². The van der Waals surface area contributed by atoms with Crippen molar-refractivity contribution < 1.29 is 17.9 Å². The Labute approximate surface area is 131 Å². The molecular weight excluding hydrogens is 362 g/mol. The van der Waals surface area contributed by atoms with E-state index in [0.717, 1.165) is 5.39 Å². The number of benzene rings is 1. The van der Waals surface area contributed by atoms with Gasteiger partial charge in [-0.3, -0.25) is 5.10 Å². The number of fused-ring (bicyclic) bond motifs is 1. The number of ether oxygens (including phenoxy) is 2.